The van der Waals surface area contributed by atoms with Gasteiger partial charge in [-0.2, -0.15) is 5.10 Å². The number of anilines is 1. The van der Waals surface area contributed by atoms with Gasteiger partial charge in [0, 0.05) is 12.2 Å². The maximum Gasteiger partial charge on any atom is 0.319 e. The molecule has 0 radical (unpaired) electrons. The van der Waals surface area contributed by atoms with Crippen molar-refractivity contribution in [1.82, 2.24) is 9.78 Å². The fourth-order valence-electron chi connectivity index (χ4n) is 2.00. The summed E-state index contributed by atoms with van der Waals surface area (Å²) in [6.07, 6.45) is 4.84. The zero-order chi connectivity index (χ0) is 13.3. The van der Waals surface area contributed by atoms with Crippen LogP contribution >= 0.6 is 0 Å². The number of carboxylic acids is 1. The molecule has 0 unspecified atom stereocenters. The summed E-state index contributed by atoms with van der Waals surface area (Å²) in [7, 11) is 0. The number of carbonyl (C=O) groups is 2. The summed E-state index contributed by atoms with van der Waals surface area (Å²) in [5.41, 5.74) is -0.693. The molecule has 2 N–H and O–H groups in total. The number of hydrogen-bond donors (Lipinski definition) is 2. The number of hydrogen-bond acceptors (Lipinski definition) is 3. The van der Waals surface area contributed by atoms with Crippen LogP contribution in [0.3, 0.4) is 0 Å². The molecule has 1 heterocycles. The Balaban J connectivity index is 2.09. The molecule has 2 rings (SSSR count). The van der Waals surface area contributed by atoms with Crippen molar-refractivity contribution in [3.63, 3.8) is 0 Å². The topological polar surface area (TPSA) is 84.2 Å². The first-order valence-electron chi connectivity index (χ1n) is 6.05. The van der Waals surface area contributed by atoms with E-state index in [-0.39, 0.29) is 6.04 Å². The van der Waals surface area contributed by atoms with Gasteiger partial charge in [-0.25, -0.2) is 0 Å². The molecule has 0 spiro atoms. The molecule has 98 valence electrons. The molecule has 18 heavy (non-hydrogen) atoms. The highest BCUT2D eigenvalue weighted by atomic mass is 16.4. The van der Waals surface area contributed by atoms with Crippen molar-refractivity contribution in [1.29, 1.82) is 0 Å². The number of carbonyl (C=O) groups excluding carboxylic acids is 1. The van der Waals surface area contributed by atoms with Crippen molar-refractivity contribution in [2.24, 2.45) is 5.41 Å². The minimum atomic E-state index is -1.24. The lowest BCUT2D eigenvalue weighted by Crippen LogP contribution is -2.48. The Labute approximate surface area is 105 Å². The molecule has 0 atom stereocenters. The van der Waals surface area contributed by atoms with Gasteiger partial charge in [-0.05, 0) is 26.7 Å². The van der Waals surface area contributed by atoms with Crippen LogP contribution in [0.15, 0.2) is 12.4 Å². The summed E-state index contributed by atoms with van der Waals surface area (Å²) in [4.78, 5) is 23.2. The molecular formula is C12H17N3O3. The van der Waals surface area contributed by atoms with Gasteiger partial charge in [0.15, 0.2) is 0 Å². The number of carboxylic acid groups (broad SMARTS) is 1. The smallest absolute Gasteiger partial charge is 0.319 e. The van der Waals surface area contributed by atoms with Gasteiger partial charge in [0.05, 0.1) is 11.9 Å². The van der Waals surface area contributed by atoms with E-state index in [1.54, 1.807) is 10.9 Å². The molecule has 0 bridgehead atoms. The van der Waals surface area contributed by atoms with Crippen molar-refractivity contribution in [2.45, 2.75) is 39.2 Å². The first-order chi connectivity index (χ1) is 8.45. The van der Waals surface area contributed by atoms with Crippen LogP contribution in [-0.4, -0.2) is 26.8 Å². The lowest BCUT2D eigenvalue weighted by molar-refractivity contribution is -0.159. The Morgan fingerprint density at radius 3 is 2.56 bits per heavy atom. The highest BCUT2D eigenvalue weighted by molar-refractivity contribution is 6.09. The number of aromatic nitrogens is 2. The first kappa shape index (κ1) is 12.6. The van der Waals surface area contributed by atoms with E-state index in [1.807, 2.05) is 13.8 Å². The fraction of sp³-hybridized carbons (Fsp3) is 0.583. The molecule has 1 aliphatic rings. The van der Waals surface area contributed by atoms with E-state index in [9.17, 15) is 9.59 Å². The van der Waals surface area contributed by atoms with Gasteiger partial charge in [0.2, 0.25) is 5.91 Å². The van der Waals surface area contributed by atoms with E-state index in [2.05, 4.69) is 10.4 Å². The van der Waals surface area contributed by atoms with Crippen molar-refractivity contribution < 1.29 is 14.7 Å². The first-order valence-corrected chi connectivity index (χ1v) is 6.05. The van der Waals surface area contributed by atoms with Gasteiger partial charge >= 0.3 is 5.97 Å². The molecule has 6 nitrogen and oxygen atoms in total. The van der Waals surface area contributed by atoms with Gasteiger partial charge in [0.1, 0.15) is 5.41 Å². The van der Waals surface area contributed by atoms with Crippen LogP contribution in [-0.2, 0) is 9.59 Å². The third-order valence-electron chi connectivity index (χ3n) is 3.44. The number of aliphatic carboxylic acids is 1. The predicted octanol–water partition coefficient (Wildman–Crippen LogP) is 1.66. The fourth-order valence-corrected chi connectivity index (χ4v) is 2.00. The molecule has 1 saturated carbocycles. The molecule has 1 amide bonds. The lowest BCUT2D eigenvalue weighted by Gasteiger charge is -2.35. The zero-order valence-electron chi connectivity index (χ0n) is 10.5. The molecule has 1 aliphatic carbocycles. The highest BCUT2D eigenvalue weighted by Gasteiger charge is 2.51. The van der Waals surface area contributed by atoms with Crippen LogP contribution in [0, 0.1) is 5.41 Å². The molecule has 0 aliphatic heterocycles. The van der Waals surface area contributed by atoms with E-state index in [1.165, 1.54) is 6.20 Å². The summed E-state index contributed by atoms with van der Waals surface area (Å²) in [5.74, 6) is -1.48. The van der Waals surface area contributed by atoms with E-state index < -0.39 is 17.3 Å². The number of nitrogens with one attached hydrogen (secondary N) is 1. The molecule has 6 heteroatoms. The second-order valence-electron chi connectivity index (χ2n) is 5.00. The van der Waals surface area contributed by atoms with Crippen molar-refractivity contribution in [3.05, 3.63) is 12.4 Å². The third kappa shape index (κ3) is 1.98. The minimum absolute atomic E-state index is 0.202. The number of rotatable bonds is 4. The Morgan fingerprint density at radius 2 is 2.17 bits per heavy atom. The van der Waals surface area contributed by atoms with Crippen molar-refractivity contribution in [3.8, 4) is 0 Å². The Kier molecular flexibility index (Phi) is 3.11. The molecule has 0 saturated heterocycles. The standard InChI is InChI=1S/C12H17N3O3/c1-8(2)15-7-9(6-13-15)14-10(16)12(11(17)18)4-3-5-12/h6-8H,3-5H2,1-2H3,(H,14,16)(H,17,18). The Hall–Kier alpha value is -1.85. The van der Waals surface area contributed by atoms with Crippen LogP contribution < -0.4 is 5.32 Å². The minimum Gasteiger partial charge on any atom is -0.480 e. The van der Waals surface area contributed by atoms with Gasteiger partial charge in [-0.3, -0.25) is 14.3 Å². The van der Waals surface area contributed by atoms with Gasteiger partial charge in [-0.15, -0.1) is 0 Å². The van der Waals surface area contributed by atoms with E-state index >= 15 is 0 Å². The normalized spacial score (nSPS) is 17.3. The Morgan fingerprint density at radius 1 is 1.50 bits per heavy atom. The molecule has 1 fully saturated rings. The molecule has 0 aromatic carbocycles. The summed E-state index contributed by atoms with van der Waals surface area (Å²) in [6, 6.07) is 0.202. The summed E-state index contributed by atoms with van der Waals surface area (Å²) < 4.78 is 1.71. The molecule has 1 aromatic rings. The van der Waals surface area contributed by atoms with Gasteiger partial charge in [0.25, 0.3) is 0 Å². The van der Waals surface area contributed by atoms with Gasteiger partial charge in [-0.1, -0.05) is 6.42 Å². The van der Waals surface area contributed by atoms with E-state index in [4.69, 9.17) is 5.11 Å². The van der Waals surface area contributed by atoms with E-state index in [0.29, 0.717) is 18.5 Å². The predicted molar refractivity (Wildman–Crippen MR) is 65.2 cm³/mol. The van der Waals surface area contributed by atoms with E-state index in [0.717, 1.165) is 6.42 Å². The SMILES string of the molecule is CC(C)n1cc(NC(=O)C2(C(=O)O)CCC2)cn1. The number of amides is 1. The monoisotopic (exact) mass is 251 g/mol. The molecular weight excluding hydrogens is 234 g/mol. The average Bonchev–Trinajstić information content (AvgIpc) is 2.63. The lowest BCUT2D eigenvalue weighted by atomic mass is 9.68. The molecule has 1 aromatic heterocycles. The largest absolute Gasteiger partial charge is 0.480 e. The van der Waals surface area contributed by atoms with Crippen LogP contribution in [0.1, 0.15) is 39.2 Å². The quantitative estimate of drug-likeness (QED) is 0.797. The maximum atomic E-state index is 12.0. The van der Waals surface area contributed by atoms with Crippen LogP contribution in [0.5, 0.6) is 0 Å². The van der Waals surface area contributed by atoms with Crippen LogP contribution in [0.2, 0.25) is 0 Å². The van der Waals surface area contributed by atoms with Crippen LogP contribution in [0.4, 0.5) is 5.69 Å². The maximum absolute atomic E-state index is 12.0. The third-order valence-corrected chi connectivity index (χ3v) is 3.44. The van der Waals surface area contributed by atoms with Crippen LogP contribution in [0.25, 0.3) is 0 Å². The number of nitrogens with zero attached hydrogens (tertiary/aromatic N) is 2. The van der Waals surface area contributed by atoms with Crippen molar-refractivity contribution >= 4 is 17.6 Å². The zero-order valence-corrected chi connectivity index (χ0v) is 10.5. The average molecular weight is 251 g/mol. The summed E-state index contributed by atoms with van der Waals surface area (Å²) in [6.45, 7) is 3.95. The van der Waals surface area contributed by atoms with Gasteiger partial charge < -0.3 is 10.4 Å². The van der Waals surface area contributed by atoms with Crippen molar-refractivity contribution in [2.75, 3.05) is 5.32 Å². The summed E-state index contributed by atoms with van der Waals surface area (Å²) >= 11 is 0. The second kappa shape index (κ2) is 4.44. The second-order valence-corrected chi connectivity index (χ2v) is 5.00. The highest BCUT2D eigenvalue weighted by Crippen LogP contribution is 2.42. The Bertz CT molecular complexity index is 475. The summed E-state index contributed by atoms with van der Waals surface area (Å²) in [5, 5.41) is 15.9.